The highest BCUT2D eigenvalue weighted by Gasteiger charge is 2.25. The van der Waals surface area contributed by atoms with Crippen molar-refractivity contribution in [3.8, 4) is 0 Å². The van der Waals surface area contributed by atoms with E-state index in [4.69, 9.17) is 16.7 Å². The molecule has 0 aliphatic carbocycles. The Morgan fingerprint density at radius 3 is 2.50 bits per heavy atom. The van der Waals surface area contributed by atoms with Crippen molar-refractivity contribution in [3.63, 3.8) is 0 Å². The molecule has 0 radical (unpaired) electrons. The van der Waals surface area contributed by atoms with E-state index in [1.807, 2.05) is 20.8 Å². The normalized spacial score (nSPS) is 11.1. The molecule has 0 aliphatic heterocycles. The molecule has 0 aromatic heterocycles. The van der Waals surface area contributed by atoms with Crippen molar-refractivity contribution in [2.24, 2.45) is 0 Å². The molecule has 20 heavy (non-hydrogen) atoms. The third-order valence-electron chi connectivity index (χ3n) is 3.53. The van der Waals surface area contributed by atoms with Crippen LogP contribution in [0, 0.1) is 0 Å². The van der Waals surface area contributed by atoms with Crippen LogP contribution in [-0.2, 0) is 0 Å². The van der Waals surface area contributed by atoms with Crippen LogP contribution < -0.4 is 5.32 Å². The lowest BCUT2D eigenvalue weighted by Crippen LogP contribution is -2.46. The molecule has 1 aromatic carbocycles. The number of carboxylic acid groups (broad SMARTS) is 1. The molecule has 5 nitrogen and oxygen atoms in total. The largest absolute Gasteiger partial charge is 0.478 e. The van der Waals surface area contributed by atoms with Crippen molar-refractivity contribution in [1.82, 2.24) is 4.90 Å². The average molecular weight is 299 g/mol. The first-order valence-electron chi connectivity index (χ1n) is 6.26. The van der Waals surface area contributed by atoms with E-state index in [1.54, 1.807) is 18.0 Å². The number of nitrogens with zero attached hydrogens (tertiary/aromatic N) is 1. The molecule has 0 atom stereocenters. The van der Waals surface area contributed by atoms with Crippen LogP contribution in [0.1, 0.15) is 37.6 Å². The Morgan fingerprint density at radius 2 is 2.00 bits per heavy atom. The van der Waals surface area contributed by atoms with Crippen molar-refractivity contribution in [2.75, 3.05) is 12.4 Å². The predicted octanol–water partition coefficient (Wildman–Crippen LogP) is 3.69. The van der Waals surface area contributed by atoms with Crippen LogP contribution in [0.2, 0.25) is 5.02 Å². The van der Waals surface area contributed by atoms with Crippen molar-refractivity contribution in [1.29, 1.82) is 0 Å². The van der Waals surface area contributed by atoms with Gasteiger partial charge in [0.25, 0.3) is 0 Å². The summed E-state index contributed by atoms with van der Waals surface area (Å²) in [6.45, 7) is 5.91. The third-order valence-corrected chi connectivity index (χ3v) is 3.86. The van der Waals surface area contributed by atoms with Crippen LogP contribution in [0.3, 0.4) is 0 Å². The second kappa shape index (κ2) is 6.13. The second-order valence-electron chi connectivity index (χ2n) is 5.15. The molecule has 1 rings (SSSR count). The van der Waals surface area contributed by atoms with Crippen LogP contribution >= 0.6 is 11.6 Å². The molecule has 0 unspecified atom stereocenters. The molecule has 6 heteroatoms. The van der Waals surface area contributed by atoms with Crippen LogP contribution in [-0.4, -0.2) is 34.6 Å². The van der Waals surface area contributed by atoms with Gasteiger partial charge in [-0.25, -0.2) is 9.59 Å². The summed E-state index contributed by atoms with van der Waals surface area (Å²) >= 11 is 5.78. The number of carbonyl (C=O) groups is 2. The SMILES string of the molecule is CCC(C)(C)N(C)C(=O)Nc1ccc(Cl)c(C(=O)O)c1. The Hall–Kier alpha value is -1.75. The zero-order chi connectivity index (χ0) is 15.5. The van der Waals surface area contributed by atoms with Gasteiger partial charge in [-0.1, -0.05) is 18.5 Å². The summed E-state index contributed by atoms with van der Waals surface area (Å²) < 4.78 is 0. The van der Waals surface area contributed by atoms with Crippen molar-refractivity contribution >= 4 is 29.3 Å². The summed E-state index contributed by atoms with van der Waals surface area (Å²) in [7, 11) is 1.70. The van der Waals surface area contributed by atoms with Crippen molar-refractivity contribution in [3.05, 3.63) is 28.8 Å². The molecule has 110 valence electrons. The number of halogens is 1. The zero-order valence-corrected chi connectivity index (χ0v) is 12.8. The zero-order valence-electron chi connectivity index (χ0n) is 12.0. The highest BCUT2D eigenvalue weighted by molar-refractivity contribution is 6.33. The Balaban J connectivity index is 2.92. The van der Waals surface area contributed by atoms with Gasteiger partial charge in [-0.2, -0.15) is 0 Å². The minimum atomic E-state index is -1.13. The minimum absolute atomic E-state index is 0.0399. The number of anilines is 1. The molecule has 2 N–H and O–H groups in total. The van der Waals surface area contributed by atoms with Gasteiger partial charge in [-0.15, -0.1) is 0 Å². The number of rotatable bonds is 4. The van der Waals surface area contributed by atoms with Crippen molar-refractivity contribution in [2.45, 2.75) is 32.7 Å². The number of hydrogen-bond donors (Lipinski definition) is 2. The summed E-state index contributed by atoms with van der Waals surface area (Å²) in [5, 5.41) is 11.8. The van der Waals surface area contributed by atoms with Crippen LogP contribution in [0.4, 0.5) is 10.5 Å². The van der Waals surface area contributed by atoms with Crippen LogP contribution in [0.15, 0.2) is 18.2 Å². The van der Waals surface area contributed by atoms with E-state index in [2.05, 4.69) is 5.32 Å². The first-order valence-corrected chi connectivity index (χ1v) is 6.64. The molecule has 0 saturated carbocycles. The average Bonchev–Trinajstić information content (AvgIpc) is 2.39. The summed E-state index contributed by atoms with van der Waals surface area (Å²) in [5.41, 5.74) is 0.0731. The molecule has 0 saturated heterocycles. The van der Waals surface area contributed by atoms with Gasteiger partial charge in [0.15, 0.2) is 0 Å². The Kier molecular flexibility index (Phi) is 5.00. The Labute approximate surface area is 123 Å². The highest BCUT2D eigenvalue weighted by atomic mass is 35.5. The molecular formula is C14H19ClN2O3. The molecule has 2 amide bonds. The summed E-state index contributed by atoms with van der Waals surface area (Å²) in [5.74, 6) is -1.13. The standard InChI is InChI=1S/C14H19ClN2O3/c1-5-14(2,3)17(4)13(20)16-9-6-7-11(15)10(8-9)12(18)19/h6-8H,5H2,1-4H3,(H,16,20)(H,18,19). The third kappa shape index (κ3) is 3.63. The first kappa shape index (κ1) is 16.3. The van der Waals surface area contributed by atoms with E-state index in [1.165, 1.54) is 12.1 Å². The number of urea groups is 1. The Morgan fingerprint density at radius 1 is 1.40 bits per heavy atom. The summed E-state index contributed by atoms with van der Waals surface area (Å²) in [6.07, 6.45) is 0.803. The number of aromatic carboxylic acids is 1. The number of amides is 2. The van der Waals surface area contributed by atoms with Gasteiger partial charge in [0.2, 0.25) is 0 Å². The molecular weight excluding hydrogens is 280 g/mol. The van der Waals surface area contributed by atoms with Crippen molar-refractivity contribution < 1.29 is 14.7 Å². The number of benzene rings is 1. The summed E-state index contributed by atoms with van der Waals surface area (Å²) in [4.78, 5) is 24.7. The maximum absolute atomic E-state index is 12.1. The summed E-state index contributed by atoms with van der Waals surface area (Å²) in [6, 6.07) is 4.07. The smallest absolute Gasteiger partial charge is 0.337 e. The van der Waals surface area contributed by atoms with E-state index >= 15 is 0 Å². The topological polar surface area (TPSA) is 69.6 Å². The molecule has 0 bridgehead atoms. The maximum atomic E-state index is 12.1. The number of hydrogen-bond acceptors (Lipinski definition) is 2. The Bertz CT molecular complexity index is 529. The van der Waals surface area contributed by atoms with Crippen LogP contribution in [0.25, 0.3) is 0 Å². The lowest BCUT2D eigenvalue weighted by molar-refractivity contribution is 0.0697. The van der Waals surface area contributed by atoms with E-state index in [-0.39, 0.29) is 22.2 Å². The molecule has 0 spiro atoms. The first-order chi connectivity index (χ1) is 9.19. The van der Waals surface area contributed by atoms with Gasteiger partial charge in [-0.05, 0) is 38.5 Å². The fourth-order valence-electron chi connectivity index (χ4n) is 1.49. The van der Waals surface area contributed by atoms with E-state index in [0.717, 1.165) is 6.42 Å². The minimum Gasteiger partial charge on any atom is -0.478 e. The molecule has 0 fully saturated rings. The monoisotopic (exact) mass is 298 g/mol. The van der Waals surface area contributed by atoms with E-state index in [9.17, 15) is 9.59 Å². The number of nitrogens with one attached hydrogen (secondary N) is 1. The van der Waals surface area contributed by atoms with Gasteiger partial charge in [0, 0.05) is 18.3 Å². The quantitative estimate of drug-likeness (QED) is 0.890. The highest BCUT2D eigenvalue weighted by Crippen LogP contribution is 2.22. The number of carbonyl (C=O) groups excluding carboxylic acids is 1. The van der Waals surface area contributed by atoms with Crippen LogP contribution in [0.5, 0.6) is 0 Å². The van der Waals surface area contributed by atoms with E-state index < -0.39 is 5.97 Å². The lowest BCUT2D eigenvalue weighted by atomic mass is 10.0. The van der Waals surface area contributed by atoms with Gasteiger partial charge in [-0.3, -0.25) is 0 Å². The molecule has 1 aromatic rings. The maximum Gasteiger partial charge on any atom is 0.337 e. The van der Waals surface area contributed by atoms with Gasteiger partial charge in [0.1, 0.15) is 0 Å². The number of carboxylic acids is 1. The van der Waals surface area contributed by atoms with Gasteiger partial charge < -0.3 is 15.3 Å². The molecule has 0 heterocycles. The van der Waals surface area contributed by atoms with Gasteiger partial charge in [0.05, 0.1) is 10.6 Å². The second-order valence-corrected chi connectivity index (χ2v) is 5.56. The molecule has 0 aliphatic rings. The lowest BCUT2D eigenvalue weighted by Gasteiger charge is -2.34. The van der Waals surface area contributed by atoms with Gasteiger partial charge >= 0.3 is 12.0 Å². The predicted molar refractivity (Wildman–Crippen MR) is 79.6 cm³/mol. The fourth-order valence-corrected chi connectivity index (χ4v) is 1.68. The van der Waals surface area contributed by atoms with E-state index in [0.29, 0.717) is 5.69 Å². The fraction of sp³-hybridized carbons (Fsp3) is 0.429.